The molecule has 3 rings (SSSR count). The lowest BCUT2D eigenvalue weighted by atomic mass is 9.91. The third-order valence-corrected chi connectivity index (χ3v) is 5.15. The number of phenols is 1. The Morgan fingerprint density at radius 3 is 2.59 bits per heavy atom. The van der Waals surface area contributed by atoms with Gasteiger partial charge in [0.15, 0.2) is 0 Å². The van der Waals surface area contributed by atoms with Gasteiger partial charge in [-0.05, 0) is 36.7 Å². The monoisotopic (exact) mass is 298 g/mol. The van der Waals surface area contributed by atoms with Crippen LogP contribution in [0.15, 0.2) is 36.4 Å². The molecule has 0 bridgehead atoms. The maximum absolute atomic E-state index is 10.5. The van der Waals surface area contributed by atoms with Crippen molar-refractivity contribution in [3.8, 4) is 5.75 Å². The molecule has 1 saturated carbocycles. The van der Waals surface area contributed by atoms with Crippen molar-refractivity contribution in [2.75, 3.05) is 13.6 Å². The van der Waals surface area contributed by atoms with Gasteiger partial charge in [0.25, 0.3) is 0 Å². The first-order chi connectivity index (χ1) is 10.7. The third kappa shape index (κ3) is 2.83. The first-order valence-corrected chi connectivity index (χ1v) is 8.35. The van der Waals surface area contributed by atoms with Gasteiger partial charge in [-0.2, -0.15) is 0 Å². The van der Waals surface area contributed by atoms with Crippen LogP contribution in [0.5, 0.6) is 5.75 Å². The minimum Gasteiger partial charge on any atom is -0.508 e. The Balaban J connectivity index is 2.01. The molecule has 3 nitrogen and oxygen atoms in total. The summed E-state index contributed by atoms with van der Waals surface area (Å²) in [7, 11) is 2.16. The molecule has 3 N–H and O–H groups in total. The number of hydrogen-bond acceptors (Lipinski definition) is 3. The van der Waals surface area contributed by atoms with Crippen molar-refractivity contribution >= 4 is 10.8 Å². The van der Waals surface area contributed by atoms with E-state index in [0.717, 1.165) is 16.3 Å². The summed E-state index contributed by atoms with van der Waals surface area (Å²) in [6.45, 7) is 0.522. The van der Waals surface area contributed by atoms with Crippen LogP contribution in [0, 0.1) is 0 Å². The molecule has 118 valence electrons. The van der Waals surface area contributed by atoms with Gasteiger partial charge in [-0.3, -0.25) is 4.90 Å². The highest BCUT2D eigenvalue weighted by Gasteiger charge is 2.27. The highest BCUT2D eigenvalue weighted by Crippen LogP contribution is 2.37. The fourth-order valence-corrected chi connectivity index (χ4v) is 3.86. The number of nitrogens with zero attached hydrogens (tertiary/aromatic N) is 1. The van der Waals surface area contributed by atoms with E-state index in [4.69, 9.17) is 5.73 Å². The zero-order chi connectivity index (χ0) is 15.5. The largest absolute Gasteiger partial charge is 0.508 e. The van der Waals surface area contributed by atoms with E-state index in [1.165, 1.54) is 32.1 Å². The van der Waals surface area contributed by atoms with Crippen molar-refractivity contribution in [2.24, 2.45) is 5.73 Å². The number of hydrogen-bond donors (Lipinski definition) is 2. The van der Waals surface area contributed by atoms with Crippen molar-refractivity contribution in [1.29, 1.82) is 0 Å². The predicted octanol–water partition coefficient (Wildman–Crippen LogP) is 3.81. The van der Waals surface area contributed by atoms with Crippen molar-refractivity contribution in [3.05, 3.63) is 42.0 Å². The van der Waals surface area contributed by atoms with Crippen molar-refractivity contribution < 1.29 is 5.11 Å². The third-order valence-electron chi connectivity index (χ3n) is 5.15. The average molecular weight is 298 g/mol. The molecule has 0 radical (unpaired) electrons. The Labute approximate surface area is 132 Å². The molecule has 0 spiro atoms. The quantitative estimate of drug-likeness (QED) is 0.902. The van der Waals surface area contributed by atoms with Crippen molar-refractivity contribution in [3.63, 3.8) is 0 Å². The summed E-state index contributed by atoms with van der Waals surface area (Å²) in [6, 6.07) is 12.6. The molecule has 1 aliphatic carbocycles. The minimum atomic E-state index is 0.0641. The van der Waals surface area contributed by atoms with Gasteiger partial charge in [0.1, 0.15) is 5.75 Å². The molecule has 1 fully saturated rings. The number of likely N-dealkylation sites (N-methyl/N-ethyl adjacent to an activating group) is 1. The zero-order valence-electron chi connectivity index (χ0n) is 13.3. The molecule has 0 aromatic heterocycles. The van der Waals surface area contributed by atoms with Crippen LogP contribution < -0.4 is 5.73 Å². The maximum atomic E-state index is 10.5. The molecule has 3 heteroatoms. The molecule has 1 atom stereocenters. The summed E-state index contributed by atoms with van der Waals surface area (Å²) in [5.74, 6) is 0.358. The lowest BCUT2D eigenvalue weighted by molar-refractivity contribution is 0.140. The van der Waals surface area contributed by atoms with Gasteiger partial charge < -0.3 is 10.8 Å². The summed E-state index contributed by atoms with van der Waals surface area (Å²) < 4.78 is 0. The van der Waals surface area contributed by atoms with Gasteiger partial charge in [0.2, 0.25) is 0 Å². The van der Waals surface area contributed by atoms with Gasteiger partial charge in [-0.1, -0.05) is 49.6 Å². The standard InChI is InChI=1S/C19H26N2O/c1-21(15-8-3-2-4-9-15)17(13-20)19-16-10-6-5-7-14(16)11-12-18(19)22/h5-7,10-12,15,17,22H,2-4,8-9,13,20H2,1H3. The highest BCUT2D eigenvalue weighted by molar-refractivity contribution is 5.88. The second kappa shape index (κ2) is 6.67. The topological polar surface area (TPSA) is 49.5 Å². The molecule has 0 amide bonds. The number of aromatic hydroxyl groups is 1. The summed E-state index contributed by atoms with van der Waals surface area (Å²) in [6.07, 6.45) is 6.41. The molecule has 0 heterocycles. The molecule has 1 aliphatic rings. The molecule has 22 heavy (non-hydrogen) atoms. The fourth-order valence-electron chi connectivity index (χ4n) is 3.86. The van der Waals surface area contributed by atoms with Crippen molar-refractivity contribution in [1.82, 2.24) is 4.90 Å². The number of nitrogens with two attached hydrogens (primary N) is 1. The molecule has 1 unspecified atom stereocenters. The van der Waals surface area contributed by atoms with Crippen LogP contribution in [0.3, 0.4) is 0 Å². The van der Waals surface area contributed by atoms with E-state index in [9.17, 15) is 5.11 Å². The van der Waals surface area contributed by atoms with E-state index in [2.05, 4.69) is 24.1 Å². The van der Waals surface area contributed by atoms with Crippen LogP contribution in [0.4, 0.5) is 0 Å². The SMILES string of the molecule is CN(C1CCCCC1)C(CN)c1c(O)ccc2ccccc12. The summed E-state index contributed by atoms with van der Waals surface area (Å²) in [4.78, 5) is 2.39. The number of benzene rings is 2. The average Bonchev–Trinajstić information content (AvgIpc) is 2.58. The minimum absolute atomic E-state index is 0.0641. The molecular formula is C19H26N2O. The first-order valence-electron chi connectivity index (χ1n) is 8.35. The number of rotatable bonds is 4. The van der Waals surface area contributed by atoms with Crippen LogP contribution >= 0.6 is 0 Å². The summed E-state index contributed by atoms with van der Waals surface area (Å²) in [5.41, 5.74) is 7.10. The van der Waals surface area contributed by atoms with Crippen LogP contribution in [0.2, 0.25) is 0 Å². The number of fused-ring (bicyclic) bond motifs is 1. The molecular weight excluding hydrogens is 272 g/mol. The van der Waals surface area contributed by atoms with Gasteiger partial charge in [-0.25, -0.2) is 0 Å². The summed E-state index contributed by atoms with van der Waals surface area (Å²) >= 11 is 0. The molecule has 2 aromatic rings. The second-order valence-electron chi connectivity index (χ2n) is 6.43. The smallest absolute Gasteiger partial charge is 0.121 e. The van der Waals surface area contributed by atoms with Gasteiger partial charge in [0.05, 0.1) is 6.04 Å². The van der Waals surface area contributed by atoms with E-state index < -0.39 is 0 Å². The predicted molar refractivity (Wildman–Crippen MR) is 92.0 cm³/mol. The van der Waals surface area contributed by atoms with Gasteiger partial charge in [-0.15, -0.1) is 0 Å². The van der Waals surface area contributed by atoms with Crippen LogP contribution in [0.25, 0.3) is 10.8 Å². The Kier molecular flexibility index (Phi) is 4.65. The Morgan fingerprint density at radius 2 is 1.86 bits per heavy atom. The first kappa shape index (κ1) is 15.3. The molecule has 0 aliphatic heterocycles. The van der Waals surface area contributed by atoms with Gasteiger partial charge in [0, 0.05) is 18.2 Å². The maximum Gasteiger partial charge on any atom is 0.121 e. The van der Waals surface area contributed by atoms with Crippen LogP contribution in [-0.2, 0) is 0 Å². The molecule has 2 aromatic carbocycles. The second-order valence-corrected chi connectivity index (χ2v) is 6.43. The van der Waals surface area contributed by atoms with E-state index in [0.29, 0.717) is 18.3 Å². The number of phenolic OH excluding ortho intramolecular Hbond substituents is 1. The van der Waals surface area contributed by atoms with E-state index >= 15 is 0 Å². The zero-order valence-corrected chi connectivity index (χ0v) is 13.3. The van der Waals surface area contributed by atoms with Crippen LogP contribution in [0.1, 0.15) is 43.7 Å². The normalized spacial score (nSPS) is 18.0. The van der Waals surface area contributed by atoms with Crippen molar-refractivity contribution in [2.45, 2.75) is 44.2 Å². The van der Waals surface area contributed by atoms with Crippen LogP contribution in [-0.4, -0.2) is 29.6 Å². The van der Waals surface area contributed by atoms with E-state index in [1.807, 2.05) is 18.2 Å². The van der Waals surface area contributed by atoms with E-state index in [1.54, 1.807) is 6.07 Å². The Hall–Kier alpha value is -1.58. The van der Waals surface area contributed by atoms with E-state index in [-0.39, 0.29) is 6.04 Å². The highest BCUT2D eigenvalue weighted by atomic mass is 16.3. The molecule has 0 saturated heterocycles. The Morgan fingerprint density at radius 1 is 1.14 bits per heavy atom. The van der Waals surface area contributed by atoms with Gasteiger partial charge >= 0.3 is 0 Å². The summed E-state index contributed by atoms with van der Waals surface area (Å²) in [5, 5.41) is 12.7. The fraction of sp³-hybridized carbons (Fsp3) is 0.474. The lowest BCUT2D eigenvalue weighted by Crippen LogP contribution is -2.39. The lowest BCUT2D eigenvalue weighted by Gasteiger charge is -2.37. The Bertz CT molecular complexity index is 634.